The van der Waals surface area contributed by atoms with Crippen molar-refractivity contribution in [3.63, 3.8) is 0 Å². The SMILES string of the molecule is CCCCC(CC)COC(=O)C(C#N)=C1CC(=NC(C)CC)CC(C)(C)C1. The highest BCUT2D eigenvalue weighted by molar-refractivity contribution is 5.97. The number of esters is 1. The van der Waals surface area contributed by atoms with Crippen molar-refractivity contribution in [1.82, 2.24) is 0 Å². The highest BCUT2D eigenvalue weighted by Crippen LogP contribution is 2.38. The van der Waals surface area contributed by atoms with E-state index in [1.807, 2.05) is 0 Å². The summed E-state index contributed by atoms with van der Waals surface area (Å²) < 4.78 is 5.54. The van der Waals surface area contributed by atoms with Crippen LogP contribution < -0.4 is 0 Å². The Morgan fingerprint density at radius 2 is 1.96 bits per heavy atom. The Kier molecular flexibility index (Phi) is 9.77. The maximum absolute atomic E-state index is 12.6. The lowest BCUT2D eigenvalue weighted by molar-refractivity contribution is -0.140. The number of ether oxygens (including phenoxy) is 1. The summed E-state index contributed by atoms with van der Waals surface area (Å²) in [6, 6.07) is 2.41. The van der Waals surface area contributed by atoms with Gasteiger partial charge < -0.3 is 4.74 Å². The molecule has 2 unspecified atom stereocenters. The van der Waals surface area contributed by atoms with Crippen LogP contribution in [0.25, 0.3) is 0 Å². The molecule has 0 aromatic heterocycles. The lowest BCUT2D eigenvalue weighted by Crippen LogP contribution is -2.27. The predicted molar refractivity (Wildman–Crippen MR) is 112 cm³/mol. The third-order valence-corrected chi connectivity index (χ3v) is 5.45. The van der Waals surface area contributed by atoms with Crippen molar-refractivity contribution in [2.45, 2.75) is 99.0 Å². The van der Waals surface area contributed by atoms with E-state index in [-0.39, 0.29) is 17.0 Å². The van der Waals surface area contributed by atoms with Crippen LogP contribution in [0.15, 0.2) is 16.1 Å². The molecule has 0 amide bonds. The van der Waals surface area contributed by atoms with E-state index in [0.717, 1.165) is 56.2 Å². The molecule has 1 fully saturated rings. The van der Waals surface area contributed by atoms with E-state index >= 15 is 0 Å². The van der Waals surface area contributed by atoms with Crippen LogP contribution in [0.3, 0.4) is 0 Å². The minimum atomic E-state index is -0.456. The van der Waals surface area contributed by atoms with E-state index in [0.29, 0.717) is 18.9 Å². The number of allylic oxidation sites excluding steroid dienone is 1. The molecule has 0 saturated heterocycles. The average Bonchev–Trinajstić information content (AvgIpc) is 2.61. The molecule has 1 rings (SSSR count). The van der Waals surface area contributed by atoms with Crippen LogP contribution in [0.1, 0.15) is 92.9 Å². The molecule has 4 nitrogen and oxygen atoms in total. The average molecular weight is 375 g/mol. The van der Waals surface area contributed by atoms with E-state index in [9.17, 15) is 10.1 Å². The summed E-state index contributed by atoms with van der Waals surface area (Å²) in [4.78, 5) is 17.4. The van der Waals surface area contributed by atoms with Gasteiger partial charge in [-0.25, -0.2) is 4.79 Å². The number of hydrogen-bond donors (Lipinski definition) is 0. The summed E-state index contributed by atoms with van der Waals surface area (Å²) in [5.41, 5.74) is 2.20. The molecule has 0 aliphatic heterocycles. The molecule has 0 aromatic rings. The van der Waals surface area contributed by atoms with Crippen molar-refractivity contribution >= 4 is 11.7 Å². The zero-order valence-electron chi connectivity index (χ0n) is 18.2. The molecule has 152 valence electrons. The fraction of sp³-hybridized carbons (Fsp3) is 0.783. The van der Waals surface area contributed by atoms with Crippen LogP contribution in [-0.2, 0) is 9.53 Å². The molecule has 0 aromatic carbocycles. The fourth-order valence-electron chi connectivity index (χ4n) is 3.67. The molecule has 0 N–H and O–H groups in total. The fourth-order valence-corrected chi connectivity index (χ4v) is 3.67. The molecule has 0 radical (unpaired) electrons. The Morgan fingerprint density at radius 3 is 2.52 bits per heavy atom. The van der Waals surface area contributed by atoms with Crippen molar-refractivity contribution in [3.05, 3.63) is 11.1 Å². The maximum atomic E-state index is 12.6. The van der Waals surface area contributed by atoms with Gasteiger partial charge in [-0.2, -0.15) is 5.26 Å². The van der Waals surface area contributed by atoms with Gasteiger partial charge in [0.1, 0.15) is 11.6 Å². The number of carbonyl (C=O) groups excluding carboxylic acids is 1. The van der Waals surface area contributed by atoms with Crippen molar-refractivity contribution in [2.24, 2.45) is 16.3 Å². The third-order valence-electron chi connectivity index (χ3n) is 5.45. The minimum Gasteiger partial charge on any atom is -0.461 e. The van der Waals surface area contributed by atoms with Crippen LogP contribution >= 0.6 is 0 Å². The zero-order chi connectivity index (χ0) is 20.4. The van der Waals surface area contributed by atoms with Crippen LogP contribution in [0.2, 0.25) is 0 Å². The first kappa shape index (κ1) is 23.4. The highest BCUT2D eigenvalue weighted by Gasteiger charge is 2.32. The quantitative estimate of drug-likeness (QED) is 0.282. The number of hydrogen-bond acceptors (Lipinski definition) is 4. The number of rotatable bonds is 9. The number of unbranched alkanes of at least 4 members (excludes halogenated alkanes) is 1. The summed E-state index contributed by atoms with van der Waals surface area (Å²) in [6.07, 6.45) is 7.63. The first-order valence-electron chi connectivity index (χ1n) is 10.6. The van der Waals surface area contributed by atoms with Crippen LogP contribution in [0.4, 0.5) is 0 Å². The summed E-state index contributed by atoms with van der Waals surface area (Å²) in [7, 11) is 0. The van der Waals surface area contributed by atoms with Crippen molar-refractivity contribution in [2.75, 3.05) is 6.61 Å². The summed E-state index contributed by atoms with van der Waals surface area (Å²) >= 11 is 0. The zero-order valence-corrected chi connectivity index (χ0v) is 18.2. The second kappa shape index (κ2) is 11.3. The predicted octanol–water partition coefficient (Wildman–Crippen LogP) is 6.02. The molecule has 1 aliphatic carbocycles. The Bertz CT molecular complexity index is 596. The van der Waals surface area contributed by atoms with E-state index in [1.165, 1.54) is 0 Å². The molecule has 0 bridgehead atoms. The number of aliphatic imine (C=N–C) groups is 1. The van der Waals surface area contributed by atoms with Crippen LogP contribution in [0, 0.1) is 22.7 Å². The van der Waals surface area contributed by atoms with Gasteiger partial charge in [0, 0.05) is 18.2 Å². The molecule has 0 heterocycles. The summed E-state index contributed by atoms with van der Waals surface area (Å²) in [5, 5.41) is 9.65. The van der Waals surface area contributed by atoms with Crippen molar-refractivity contribution < 1.29 is 9.53 Å². The smallest absolute Gasteiger partial charge is 0.348 e. The number of carbonyl (C=O) groups is 1. The van der Waals surface area contributed by atoms with E-state index in [1.54, 1.807) is 0 Å². The molecule has 1 saturated carbocycles. The molecule has 27 heavy (non-hydrogen) atoms. The van der Waals surface area contributed by atoms with Gasteiger partial charge in [0.25, 0.3) is 0 Å². The largest absolute Gasteiger partial charge is 0.461 e. The van der Waals surface area contributed by atoms with Gasteiger partial charge in [0.05, 0.1) is 6.61 Å². The first-order valence-corrected chi connectivity index (χ1v) is 10.6. The topological polar surface area (TPSA) is 62.5 Å². The Hall–Kier alpha value is -1.63. The second-order valence-corrected chi connectivity index (χ2v) is 8.75. The monoisotopic (exact) mass is 374 g/mol. The Labute approximate surface area is 166 Å². The van der Waals surface area contributed by atoms with Gasteiger partial charge in [0.15, 0.2) is 0 Å². The number of nitriles is 1. The van der Waals surface area contributed by atoms with Gasteiger partial charge in [-0.05, 0) is 49.5 Å². The molecule has 4 heteroatoms. The summed E-state index contributed by atoms with van der Waals surface area (Å²) in [5.74, 6) is -0.0767. The van der Waals surface area contributed by atoms with Crippen LogP contribution in [-0.4, -0.2) is 24.3 Å². The van der Waals surface area contributed by atoms with E-state index < -0.39 is 5.97 Å². The standard InChI is InChI=1S/C23H38N2O2/c1-7-10-11-18(9-3)16-27-22(26)21(15-24)19-12-20(25-17(4)8-2)14-23(5,6)13-19/h17-18H,7-14,16H2,1-6H3. The van der Waals surface area contributed by atoms with Crippen LogP contribution in [0.5, 0.6) is 0 Å². The van der Waals surface area contributed by atoms with E-state index in [4.69, 9.17) is 9.73 Å². The maximum Gasteiger partial charge on any atom is 0.348 e. The Morgan fingerprint density at radius 1 is 1.26 bits per heavy atom. The molecule has 2 atom stereocenters. The van der Waals surface area contributed by atoms with E-state index in [2.05, 4.69) is 47.6 Å². The Balaban J connectivity index is 2.94. The van der Waals surface area contributed by atoms with Gasteiger partial charge in [-0.3, -0.25) is 4.99 Å². The highest BCUT2D eigenvalue weighted by atomic mass is 16.5. The van der Waals surface area contributed by atoms with Gasteiger partial charge in [0.2, 0.25) is 0 Å². The molecule has 1 aliphatic rings. The van der Waals surface area contributed by atoms with Crippen molar-refractivity contribution in [3.8, 4) is 6.07 Å². The minimum absolute atomic E-state index is 0.00926. The normalized spacial score (nSPS) is 22.0. The van der Waals surface area contributed by atoms with Gasteiger partial charge in [-0.15, -0.1) is 0 Å². The summed E-state index contributed by atoms with van der Waals surface area (Å²) in [6.45, 7) is 13.3. The molecular weight excluding hydrogens is 336 g/mol. The second-order valence-electron chi connectivity index (χ2n) is 8.75. The third kappa shape index (κ3) is 7.87. The van der Waals surface area contributed by atoms with Gasteiger partial charge in [-0.1, -0.05) is 53.9 Å². The first-order chi connectivity index (χ1) is 12.8. The van der Waals surface area contributed by atoms with Gasteiger partial charge >= 0.3 is 5.97 Å². The number of nitrogens with zero attached hydrogens (tertiary/aromatic N) is 2. The lowest BCUT2D eigenvalue weighted by atomic mass is 9.73. The lowest BCUT2D eigenvalue weighted by Gasteiger charge is -2.33. The van der Waals surface area contributed by atoms with Crippen molar-refractivity contribution in [1.29, 1.82) is 5.26 Å². The molecule has 0 spiro atoms. The molecular formula is C23H38N2O2.